The third kappa shape index (κ3) is 4.98. The summed E-state index contributed by atoms with van der Waals surface area (Å²) >= 11 is 0. The molecule has 1 aromatic carbocycles. The number of carbonyl (C=O) groups excluding carboxylic acids is 2. The number of nitrogens with zero attached hydrogens (tertiary/aromatic N) is 2. The van der Waals surface area contributed by atoms with Gasteiger partial charge in [0.15, 0.2) is 0 Å². The molecule has 2 heterocycles. The van der Waals surface area contributed by atoms with Crippen LogP contribution >= 0.6 is 0 Å². The number of carbonyl (C=O) groups is 2. The summed E-state index contributed by atoms with van der Waals surface area (Å²) in [4.78, 5) is 29.6. The van der Waals surface area contributed by atoms with Gasteiger partial charge in [-0.2, -0.15) is 0 Å². The molecule has 1 atom stereocenters. The average molecular weight is 399 g/mol. The van der Waals surface area contributed by atoms with Crippen LogP contribution in [0, 0.1) is 5.92 Å². The van der Waals surface area contributed by atoms with Crippen LogP contribution in [0.2, 0.25) is 0 Å². The molecule has 1 aliphatic carbocycles. The second kappa shape index (κ2) is 8.84. The summed E-state index contributed by atoms with van der Waals surface area (Å²) in [6.45, 7) is 4.20. The number of rotatable bonds is 6. The van der Waals surface area contributed by atoms with E-state index in [4.69, 9.17) is 5.73 Å². The molecule has 29 heavy (non-hydrogen) atoms. The number of nitrogens with two attached hydrogens (primary N) is 1. The Morgan fingerprint density at radius 1 is 1.07 bits per heavy atom. The summed E-state index contributed by atoms with van der Waals surface area (Å²) in [5.41, 5.74) is 6.78. The van der Waals surface area contributed by atoms with E-state index in [1.54, 1.807) is 0 Å². The van der Waals surface area contributed by atoms with Gasteiger partial charge in [0.25, 0.3) is 0 Å². The number of amides is 2. The molecule has 3 fully saturated rings. The van der Waals surface area contributed by atoms with E-state index in [0.29, 0.717) is 12.6 Å². The Labute approximate surface area is 173 Å². The van der Waals surface area contributed by atoms with Gasteiger partial charge in [-0.05, 0) is 57.1 Å². The SMILES string of the molecule is NC1(C(=O)N2CCC(N3CCC[C@H](C(=O)NCCc4ccccc4)C3)CC2)CC1. The first-order chi connectivity index (χ1) is 14.0. The van der Waals surface area contributed by atoms with Crippen LogP contribution in [-0.2, 0) is 16.0 Å². The molecule has 4 rings (SSSR count). The summed E-state index contributed by atoms with van der Waals surface area (Å²) < 4.78 is 0. The number of benzene rings is 1. The summed E-state index contributed by atoms with van der Waals surface area (Å²) in [7, 11) is 0. The zero-order valence-electron chi connectivity index (χ0n) is 17.3. The summed E-state index contributed by atoms with van der Waals surface area (Å²) in [5.74, 6) is 0.417. The molecule has 2 amide bonds. The number of hydrogen-bond donors (Lipinski definition) is 2. The van der Waals surface area contributed by atoms with Crippen molar-refractivity contribution < 1.29 is 9.59 Å². The van der Waals surface area contributed by atoms with Crippen molar-refractivity contribution in [3.05, 3.63) is 35.9 Å². The molecule has 1 saturated carbocycles. The lowest BCUT2D eigenvalue weighted by atomic mass is 9.93. The van der Waals surface area contributed by atoms with Gasteiger partial charge in [0.05, 0.1) is 11.5 Å². The Kier molecular flexibility index (Phi) is 6.20. The fourth-order valence-electron chi connectivity index (χ4n) is 4.77. The number of piperidine rings is 2. The molecule has 1 aromatic rings. The van der Waals surface area contributed by atoms with E-state index >= 15 is 0 Å². The van der Waals surface area contributed by atoms with Crippen molar-refractivity contribution in [3.8, 4) is 0 Å². The van der Waals surface area contributed by atoms with E-state index in [0.717, 1.165) is 71.1 Å². The van der Waals surface area contributed by atoms with Crippen LogP contribution in [0.15, 0.2) is 30.3 Å². The number of nitrogens with one attached hydrogen (secondary N) is 1. The topological polar surface area (TPSA) is 78.7 Å². The molecule has 0 spiro atoms. The standard InChI is InChI=1S/C23H34N4O2/c24-23(11-12-23)22(29)26-15-9-20(10-16-26)27-14-4-7-19(17-27)21(28)25-13-8-18-5-2-1-3-6-18/h1-3,5-6,19-20H,4,7-17,24H2,(H,25,28)/t19-/m0/s1. The monoisotopic (exact) mass is 398 g/mol. The minimum Gasteiger partial charge on any atom is -0.355 e. The molecule has 0 unspecified atom stereocenters. The van der Waals surface area contributed by atoms with Crippen LogP contribution in [-0.4, -0.2) is 65.9 Å². The number of hydrogen-bond acceptors (Lipinski definition) is 4. The predicted molar refractivity (Wildman–Crippen MR) is 113 cm³/mol. The molecule has 3 aliphatic rings. The van der Waals surface area contributed by atoms with Crippen molar-refractivity contribution in [1.82, 2.24) is 15.1 Å². The predicted octanol–water partition coefficient (Wildman–Crippen LogP) is 1.54. The van der Waals surface area contributed by atoms with E-state index in [1.807, 2.05) is 23.1 Å². The highest BCUT2D eigenvalue weighted by molar-refractivity contribution is 5.89. The minimum atomic E-state index is -0.555. The molecule has 6 heteroatoms. The molecule has 3 N–H and O–H groups in total. The second-order valence-electron chi connectivity index (χ2n) is 9.04. The molecule has 6 nitrogen and oxygen atoms in total. The van der Waals surface area contributed by atoms with E-state index in [9.17, 15) is 9.59 Å². The molecule has 2 aliphatic heterocycles. The highest BCUT2D eigenvalue weighted by Crippen LogP contribution is 2.35. The van der Waals surface area contributed by atoms with Crippen LogP contribution in [0.3, 0.4) is 0 Å². The fourth-order valence-corrected chi connectivity index (χ4v) is 4.77. The molecule has 0 bridgehead atoms. The lowest BCUT2D eigenvalue weighted by molar-refractivity contribution is -0.135. The van der Waals surface area contributed by atoms with Gasteiger partial charge in [-0.15, -0.1) is 0 Å². The smallest absolute Gasteiger partial charge is 0.242 e. The fraction of sp³-hybridized carbons (Fsp3) is 0.652. The van der Waals surface area contributed by atoms with Gasteiger partial charge in [0.1, 0.15) is 0 Å². The van der Waals surface area contributed by atoms with Crippen molar-refractivity contribution in [2.24, 2.45) is 11.7 Å². The molecule has 2 saturated heterocycles. The quantitative estimate of drug-likeness (QED) is 0.762. The summed E-state index contributed by atoms with van der Waals surface area (Å²) in [6, 6.07) is 10.8. The third-order valence-corrected chi connectivity index (χ3v) is 6.86. The normalized spacial score (nSPS) is 24.9. The van der Waals surface area contributed by atoms with Crippen LogP contribution in [0.4, 0.5) is 0 Å². The highest BCUT2D eigenvalue weighted by Gasteiger charge is 2.48. The van der Waals surface area contributed by atoms with Gasteiger partial charge in [0.2, 0.25) is 11.8 Å². The largest absolute Gasteiger partial charge is 0.355 e. The lowest BCUT2D eigenvalue weighted by Gasteiger charge is -2.42. The molecular weight excluding hydrogens is 364 g/mol. The Morgan fingerprint density at radius 2 is 1.79 bits per heavy atom. The van der Waals surface area contributed by atoms with Crippen molar-refractivity contribution in [2.45, 2.75) is 56.5 Å². The van der Waals surface area contributed by atoms with E-state index in [2.05, 4.69) is 22.3 Å². The van der Waals surface area contributed by atoms with Gasteiger partial charge in [-0.1, -0.05) is 30.3 Å². The Bertz CT molecular complexity index is 711. The van der Waals surface area contributed by atoms with Crippen molar-refractivity contribution in [2.75, 3.05) is 32.7 Å². The first kappa shape index (κ1) is 20.4. The van der Waals surface area contributed by atoms with Gasteiger partial charge < -0.3 is 16.0 Å². The van der Waals surface area contributed by atoms with E-state index in [-0.39, 0.29) is 17.7 Å². The third-order valence-electron chi connectivity index (χ3n) is 6.86. The zero-order valence-corrected chi connectivity index (χ0v) is 17.3. The molecule has 158 valence electrons. The maximum Gasteiger partial charge on any atom is 0.242 e. The Morgan fingerprint density at radius 3 is 2.48 bits per heavy atom. The van der Waals surface area contributed by atoms with Gasteiger partial charge in [-0.3, -0.25) is 14.5 Å². The lowest BCUT2D eigenvalue weighted by Crippen LogP contribution is -2.54. The van der Waals surface area contributed by atoms with E-state index in [1.165, 1.54) is 5.56 Å². The highest BCUT2D eigenvalue weighted by atomic mass is 16.2. The zero-order chi connectivity index (χ0) is 20.3. The summed E-state index contributed by atoms with van der Waals surface area (Å²) in [5, 5.41) is 3.14. The van der Waals surface area contributed by atoms with Crippen LogP contribution in [0.1, 0.15) is 44.1 Å². The summed E-state index contributed by atoms with van der Waals surface area (Å²) in [6.07, 6.45) is 6.56. The van der Waals surface area contributed by atoms with Crippen LogP contribution in [0.5, 0.6) is 0 Å². The average Bonchev–Trinajstić information content (AvgIpc) is 3.52. The second-order valence-corrected chi connectivity index (χ2v) is 9.04. The maximum atomic E-state index is 12.7. The van der Waals surface area contributed by atoms with E-state index < -0.39 is 5.54 Å². The molecule has 0 aromatic heterocycles. The van der Waals surface area contributed by atoms with Crippen LogP contribution in [0.25, 0.3) is 0 Å². The first-order valence-electron chi connectivity index (χ1n) is 11.2. The maximum absolute atomic E-state index is 12.7. The van der Waals surface area contributed by atoms with Gasteiger partial charge in [-0.25, -0.2) is 0 Å². The van der Waals surface area contributed by atoms with Crippen molar-refractivity contribution in [3.63, 3.8) is 0 Å². The first-order valence-corrected chi connectivity index (χ1v) is 11.2. The van der Waals surface area contributed by atoms with Crippen LogP contribution < -0.4 is 11.1 Å². The van der Waals surface area contributed by atoms with Crippen molar-refractivity contribution in [1.29, 1.82) is 0 Å². The van der Waals surface area contributed by atoms with Gasteiger partial charge >= 0.3 is 0 Å². The Hall–Kier alpha value is -1.92. The van der Waals surface area contributed by atoms with Crippen molar-refractivity contribution >= 4 is 11.8 Å². The minimum absolute atomic E-state index is 0.0814. The number of likely N-dealkylation sites (tertiary alicyclic amines) is 2. The Balaban J connectivity index is 1.21. The molecule has 0 radical (unpaired) electrons. The van der Waals surface area contributed by atoms with Gasteiger partial charge in [0, 0.05) is 32.2 Å². The molecular formula is C23H34N4O2.